The fourth-order valence-corrected chi connectivity index (χ4v) is 5.43. The van der Waals surface area contributed by atoms with Crippen molar-refractivity contribution in [3.8, 4) is 16.9 Å². The zero-order chi connectivity index (χ0) is 28.9. The standard InChI is InChI=1S/C34H38N2O4S/c1-3-5-19-39-20-21-40-33-15-12-29(13-16-33)30-8-6-7-27(22-30)9-14-32(37)23-28-10-17-34(18-11-28)41(38)25-31-24-35-26-36(31)4-2/h6-18,22,24,26H,3-5,19-21,23,25H2,1-2H3/b14-9+. The molecule has 1 atom stereocenters. The molecule has 1 aromatic heterocycles. The molecule has 1 heterocycles. The summed E-state index contributed by atoms with van der Waals surface area (Å²) in [6.45, 7) is 6.88. The number of aromatic nitrogens is 2. The molecule has 6 nitrogen and oxygen atoms in total. The third-order valence-corrected chi connectivity index (χ3v) is 8.01. The third-order valence-electron chi connectivity index (χ3n) is 6.66. The van der Waals surface area contributed by atoms with Crippen LogP contribution in [-0.4, -0.2) is 39.4 Å². The summed E-state index contributed by atoms with van der Waals surface area (Å²) >= 11 is 0. The molecular formula is C34H38N2O4S. The van der Waals surface area contributed by atoms with E-state index in [9.17, 15) is 9.00 Å². The molecular weight excluding hydrogens is 532 g/mol. The number of rotatable bonds is 16. The lowest BCUT2D eigenvalue weighted by atomic mass is 10.0. The van der Waals surface area contributed by atoms with Crippen LogP contribution in [0.25, 0.3) is 17.2 Å². The molecule has 0 fully saturated rings. The van der Waals surface area contributed by atoms with Crippen molar-refractivity contribution < 1.29 is 18.5 Å². The lowest BCUT2D eigenvalue weighted by molar-refractivity contribution is -0.113. The highest BCUT2D eigenvalue weighted by molar-refractivity contribution is 7.84. The Bertz CT molecular complexity index is 1440. The van der Waals surface area contributed by atoms with Crippen molar-refractivity contribution in [2.24, 2.45) is 0 Å². The van der Waals surface area contributed by atoms with Crippen LogP contribution in [0.1, 0.15) is 43.5 Å². The highest BCUT2D eigenvalue weighted by Crippen LogP contribution is 2.24. The smallest absolute Gasteiger partial charge is 0.160 e. The number of ether oxygens (including phenoxy) is 2. The Labute approximate surface area is 245 Å². The molecule has 0 aliphatic rings. The van der Waals surface area contributed by atoms with Gasteiger partial charge in [-0.25, -0.2) is 4.98 Å². The van der Waals surface area contributed by atoms with Crippen LogP contribution in [0.5, 0.6) is 5.75 Å². The van der Waals surface area contributed by atoms with Gasteiger partial charge in [0.25, 0.3) is 0 Å². The summed E-state index contributed by atoms with van der Waals surface area (Å²) in [5, 5.41) is 0. The van der Waals surface area contributed by atoms with Gasteiger partial charge in [-0.3, -0.25) is 9.00 Å². The van der Waals surface area contributed by atoms with Crippen LogP contribution in [-0.2, 0) is 39.0 Å². The molecule has 3 aromatic carbocycles. The lowest BCUT2D eigenvalue weighted by Gasteiger charge is -2.08. The van der Waals surface area contributed by atoms with Gasteiger partial charge in [-0.15, -0.1) is 0 Å². The van der Waals surface area contributed by atoms with Crippen molar-refractivity contribution >= 4 is 22.7 Å². The number of hydrogen-bond acceptors (Lipinski definition) is 5. The average Bonchev–Trinajstić information content (AvgIpc) is 3.45. The zero-order valence-electron chi connectivity index (χ0n) is 23.8. The normalized spacial score (nSPS) is 12.0. The largest absolute Gasteiger partial charge is 0.491 e. The molecule has 0 N–H and O–H groups in total. The van der Waals surface area contributed by atoms with Crippen molar-refractivity contribution in [1.29, 1.82) is 0 Å². The molecule has 0 aliphatic carbocycles. The molecule has 0 bridgehead atoms. The van der Waals surface area contributed by atoms with Gasteiger partial charge in [-0.1, -0.05) is 61.9 Å². The number of unbranched alkanes of at least 4 members (excludes halogenated alkanes) is 1. The van der Waals surface area contributed by atoms with E-state index in [-0.39, 0.29) is 12.2 Å². The fourth-order valence-electron chi connectivity index (χ4n) is 4.31. The van der Waals surface area contributed by atoms with E-state index in [0.29, 0.717) is 19.0 Å². The number of carbonyl (C=O) groups is 1. The van der Waals surface area contributed by atoms with Gasteiger partial charge in [0, 0.05) is 30.7 Å². The molecule has 0 spiro atoms. The monoisotopic (exact) mass is 570 g/mol. The van der Waals surface area contributed by atoms with Gasteiger partial charge in [0.1, 0.15) is 12.4 Å². The van der Waals surface area contributed by atoms with Gasteiger partial charge < -0.3 is 14.0 Å². The minimum absolute atomic E-state index is 0.0105. The first-order chi connectivity index (χ1) is 20.1. The van der Waals surface area contributed by atoms with E-state index >= 15 is 0 Å². The number of allylic oxidation sites excluding steroid dienone is 1. The third kappa shape index (κ3) is 9.37. The van der Waals surface area contributed by atoms with E-state index in [1.54, 1.807) is 18.6 Å². The van der Waals surface area contributed by atoms with Crippen molar-refractivity contribution in [3.05, 3.63) is 108 Å². The van der Waals surface area contributed by atoms with E-state index in [0.717, 1.165) is 64.6 Å². The van der Waals surface area contributed by atoms with Crippen molar-refractivity contribution in [2.45, 2.75) is 50.3 Å². The minimum Gasteiger partial charge on any atom is -0.491 e. The summed E-state index contributed by atoms with van der Waals surface area (Å²) in [5.74, 6) is 1.24. The molecule has 0 amide bonds. The summed E-state index contributed by atoms with van der Waals surface area (Å²) in [6.07, 6.45) is 9.48. The first-order valence-electron chi connectivity index (χ1n) is 14.1. The summed E-state index contributed by atoms with van der Waals surface area (Å²) in [4.78, 5) is 17.5. The molecule has 0 radical (unpaired) electrons. The first-order valence-corrected chi connectivity index (χ1v) is 15.5. The second kappa shape index (κ2) is 15.8. The molecule has 214 valence electrons. The lowest BCUT2D eigenvalue weighted by Crippen LogP contribution is -2.07. The number of aryl methyl sites for hydroxylation is 1. The highest BCUT2D eigenvalue weighted by Gasteiger charge is 2.10. The van der Waals surface area contributed by atoms with Crippen LogP contribution >= 0.6 is 0 Å². The van der Waals surface area contributed by atoms with Crippen LogP contribution in [0, 0.1) is 0 Å². The molecule has 4 aromatic rings. The number of benzene rings is 3. The van der Waals surface area contributed by atoms with Crippen LogP contribution in [0.15, 0.2) is 96.3 Å². The summed E-state index contributed by atoms with van der Waals surface area (Å²) in [5.41, 5.74) is 4.94. The van der Waals surface area contributed by atoms with Gasteiger partial charge >= 0.3 is 0 Å². The molecule has 0 saturated carbocycles. The molecule has 4 rings (SSSR count). The van der Waals surface area contributed by atoms with Gasteiger partial charge in [-0.2, -0.15) is 0 Å². The maximum atomic E-state index is 12.8. The summed E-state index contributed by atoms with van der Waals surface area (Å²) in [7, 11) is -1.17. The summed E-state index contributed by atoms with van der Waals surface area (Å²) < 4.78 is 26.1. The number of nitrogens with zero attached hydrogens (tertiary/aromatic N) is 2. The Kier molecular flexibility index (Phi) is 11.7. The Morgan fingerprint density at radius 1 is 0.951 bits per heavy atom. The fraction of sp³-hybridized carbons (Fsp3) is 0.294. The Balaban J connectivity index is 1.28. The van der Waals surface area contributed by atoms with E-state index in [1.807, 2.05) is 78.2 Å². The first kappa shape index (κ1) is 30.2. The van der Waals surface area contributed by atoms with Gasteiger partial charge in [0.2, 0.25) is 0 Å². The van der Waals surface area contributed by atoms with Crippen LogP contribution in [0.3, 0.4) is 0 Å². The predicted octanol–water partition coefficient (Wildman–Crippen LogP) is 6.90. The molecule has 0 saturated heterocycles. The second-order valence-electron chi connectivity index (χ2n) is 9.75. The number of imidazole rings is 1. The van der Waals surface area contributed by atoms with Crippen molar-refractivity contribution in [2.75, 3.05) is 19.8 Å². The van der Waals surface area contributed by atoms with E-state index < -0.39 is 10.8 Å². The van der Waals surface area contributed by atoms with E-state index in [1.165, 1.54) is 0 Å². The van der Waals surface area contributed by atoms with E-state index in [2.05, 4.69) is 24.0 Å². The van der Waals surface area contributed by atoms with Crippen LogP contribution in [0.2, 0.25) is 0 Å². The second-order valence-corrected chi connectivity index (χ2v) is 11.2. The number of hydrogen-bond donors (Lipinski definition) is 0. The van der Waals surface area contributed by atoms with Gasteiger partial charge in [0.15, 0.2) is 5.78 Å². The predicted molar refractivity (Wildman–Crippen MR) is 165 cm³/mol. The maximum absolute atomic E-state index is 12.8. The maximum Gasteiger partial charge on any atom is 0.160 e. The Morgan fingerprint density at radius 3 is 2.51 bits per heavy atom. The minimum atomic E-state index is -1.17. The highest BCUT2D eigenvalue weighted by atomic mass is 32.2. The van der Waals surface area contributed by atoms with Crippen molar-refractivity contribution in [1.82, 2.24) is 9.55 Å². The molecule has 41 heavy (non-hydrogen) atoms. The Morgan fingerprint density at radius 2 is 1.76 bits per heavy atom. The average molecular weight is 571 g/mol. The van der Waals surface area contributed by atoms with E-state index in [4.69, 9.17) is 9.47 Å². The van der Waals surface area contributed by atoms with Gasteiger partial charge in [-0.05, 0) is 72.0 Å². The Hall–Kier alpha value is -3.81. The van der Waals surface area contributed by atoms with Gasteiger partial charge in [0.05, 0.1) is 35.2 Å². The molecule has 7 heteroatoms. The number of ketones is 1. The SMILES string of the molecule is CCCCOCCOc1ccc(-c2cccc(/C=C/C(=O)Cc3ccc(S(=O)Cc4cncn4CC)cc3)c2)cc1. The van der Waals surface area contributed by atoms with Crippen molar-refractivity contribution in [3.63, 3.8) is 0 Å². The summed E-state index contributed by atoms with van der Waals surface area (Å²) in [6, 6.07) is 23.5. The van der Waals surface area contributed by atoms with Crippen LogP contribution < -0.4 is 4.74 Å². The number of carbonyl (C=O) groups excluding carboxylic acids is 1. The molecule has 1 unspecified atom stereocenters. The topological polar surface area (TPSA) is 70.4 Å². The quantitative estimate of drug-likeness (QED) is 0.108. The zero-order valence-corrected chi connectivity index (χ0v) is 24.6. The van der Waals surface area contributed by atoms with Crippen LogP contribution in [0.4, 0.5) is 0 Å². The molecule has 0 aliphatic heterocycles.